The largest absolute Gasteiger partial charge is 0.496 e. The third kappa shape index (κ3) is 7.86. The number of carboxylic acids is 1. The van der Waals surface area contributed by atoms with Gasteiger partial charge in [0.2, 0.25) is 0 Å². The lowest BCUT2D eigenvalue weighted by Gasteiger charge is -2.12. The second-order valence-corrected chi connectivity index (χ2v) is 6.25. The summed E-state index contributed by atoms with van der Waals surface area (Å²) in [5.41, 5.74) is 0.0631. The molecule has 0 aliphatic carbocycles. The highest BCUT2D eigenvalue weighted by Gasteiger charge is 2.21. The van der Waals surface area contributed by atoms with Crippen molar-refractivity contribution < 1.29 is 34.0 Å². The molecule has 0 unspecified atom stereocenters. The SMILES string of the molecule is COc1cc(C(=O)OCCCCCCCCCCO)c(OC)cc1C(=O)O. The summed E-state index contributed by atoms with van der Waals surface area (Å²) in [6.07, 6.45) is 8.22. The van der Waals surface area contributed by atoms with Crippen molar-refractivity contribution in [2.75, 3.05) is 27.4 Å². The number of carbonyl (C=O) groups excluding carboxylic acids is 1. The normalized spacial score (nSPS) is 10.5. The number of ether oxygens (including phenoxy) is 3. The van der Waals surface area contributed by atoms with Gasteiger partial charge in [-0.15, -0.1) is 0 Å². The van der Waals surface area contributed by atoms with Gasteiger partial charge in [-0.3, -0.25) is 0 Å². The number of rotatable bonds is 14. The molecule has 0 spiro atoms. The number of unbranched alkanes of at least 4 members (excludes halogenated alkanes) is 7. The van der Waals surface area contributed by atoms with E-state index in [1.807, 2.05) is 0 Å². The van der Waals surface area contributed by atoms with Gasteiger partial charge in [-0.05, 0) is 25.0 Å². The van der Waals surface area contributed by atoms with Crippen molar-refractivity contribution >= 4 is 11.9 Å². The molecule has 1 aromatic rings. The van der Waals surface area contributed by atoms with E-state index >= 15 is 0 Å². The van der Waals surface area contributed by atoms with Crippen molar-refractivity contribution in [3.63, 3.8) is 0 Å². The van der Waals surface area contributed by atoms with Crippen LogP contribution < -0.4 is 9.47 Å². The number of carbonyl (C=O) groups is 2. The second-order valence-electron chi connectivity index (χ2n) is 6.25. The molecule has 0 atom stereocenters. The number of aliphatic hydroxyl groups is 1. The molecule has 0 amide bonds. The first-order chi connectivity index (χ1) is 13.0. The van der Waals surface area contributed by atoms with Gasteiger partial charge in [-0.1, -0.05) is 38.5 Å². The lowest BCUT2D eigenvalue weighted by Crippen LogP contribution is -2.10. The average molecular weight is 382 g/mol. The summed E-state index contributed by atoms with van der Waals surface area (Å²) in [5, 5.41) is 17.9. The zero-order valence-corrected chi connectivity index (χ0v) is 16.2. The summed E-state index contributed by atoms with van der Waals surface area (Å²) in [4.78, 5) is 23.5. The number of aliphatic hydroxyl groups excluding tert-OH is 1. The smallest absolute Gasteiger partial charge is 0.342 e. The molecule has 0 radical (unpaired) electrons. The van der Waals surface area contributed by atoms with Crippen molar-refractivity contribution in [3.8, 4) is 11.5 Å². The van der Waals surface area contributed by atoms with E-state index in [0.717, 1.165) is 51.4 Å². The molecule has 27 heavy (non-hydrogen) atoms. The summed E-state index contributed by atoms with van der Waals surface area (Å²) in [7, 11) is 2.71. The van der Waals surface area contributed by atoms with Gasteiger partial charge in [0.05, 0.1) is 20.8 Å². The Kier molecular flexibility index (Phi) is 10.9. The van der Waals surface area contributed by atoms with E-state index < -0.39 is 11.9 Å². The van der Waals surface area contributed by atoms with Gasteiger partial charge in [0.25, 0.3) is 0 Å². The van der Waals surface area contributed by atoms with Gasteiger partial charge < -0.3 is 24.4 Å². The molecule has 0 bridgehead atoms. The molecule has 0 saturated heterocycles. The van der Waals surface area contributed by atoms with Crippen LogP contribution in [0.3, 0.4) is 0 Å². The van der Waals surface area contributed by atoms with E-state index in [4.69, 9.17) is 19.3 Å². The lowest BCUT2D eigenvalue weighted by molar-refractivity contribution is 0.0492. The maximum Gasteiger partial charge on any atom is 0.342 e. The van der Waals surface area contributed by atoms with Crippen LogP contribution in [-0.2, 0) is 4.74 Å². The van der Waals surface area contributed by atoms with Crippen LogP contribution in [0.5, 0.6) is 11.5 Å². The topological polar surface area (TPSA) is 102 Å². The Bertz CT molecular complexity index is 598. The van der Waals surface area contributed by atoms with E-state index in [9.17, 15) is 14.7 Å². The third-order valence-corrected chi connectivity index (χ3v) is 4.26. The number of esters is 1. The molecular weight excluding hydrogens is 352 g/mol. The van der Waals surface area contributed by atoms with Crippen molar-refractivity contribution in [2.24, 2.45) is 0 Å². The van der Waals surface area contributed by atoms with Crippen LogP contribution in [-0.4, -0.2) is 49.6 Å². The first kappa shape index (κ1) is 22.8. The molecule has 1 rings (SSSR count). The van der Waals surface area contributed by atoms with Gasteiger partial charge in [-0.25, -0.2) is 9.59 Å². The van der Waals surface area contributed by atoms with Gasteiger partial charge in [0.15, 0.2) is 0 Å². The Morgan fingerprint density at radius 3 is 1.81 bits per heavy atom. The second kappa shape index (κ2) is 13.0. The Hall–Kier alpha value is -2.28. The van der Waals surface area contributed by atoms with Crippen molar-refractivity contribution in [1.82, 2.24) is 0 Å². The molecule has 1 aromatic carbocycles. The predicted molar refractivity (Wildman–Crippen MR) is 101 cm³/mol. The van der Waals surface area contributed by atoms with Crippen LogP contribution in [0, 0.1) is 0 Å². The van der Waals surface area contributed by atoms with Gasteiger partial charge >= 0.3 is 11.9 Å². The minimum atomic E-state index is -1.17. The minimum absolute atomic E-state index is 0.0788. The number of benzene rings is 1. The van der Waals surface area contributed by atoms with Crippen molar-refractivity contribution in [1.29, 1.82) is 0 Å². The minimum Gasteiger partial charge on any atom is -0.496 e. The van der Waals surface area contributed by atoms with E-state index in [0.29, 0.717) is 6.61 Å². The molecule has 0 saturated carbocycles. The van der Waals surface area contributed by atoms with Gasteiger partial charge in [-0.2, -0.15) is 0 Å². The van der Waals surface area contributed by atoms with E-state index in [-0.39, 0.29) is 29.2 Å². The molecule has 152 valence electrons. The van der Waals surface area contributed by atoms with Gasteiger partial charge in [0.1, 0.15) is 22.6 Å². The number of carboxylic acid groups (broad SMARTS) is 1. The highest BCUT2D eigenvalue weighted by molar-refractivity contribution is 5.97. The van der Waals surface area contributed by atoms with Crippen LogP contribution in [0.4, 0.5) is 0 Å². The summed E-state index contributed by atoms with van der Waals surface area (Å²) >= 11 is 0. The molecule has 7 heteroatoms. The fraction of sp³-hybridized carbons (Fsp3) is 0.600. The molecule has 0 aromatic heterocycles. The van der Waals surface area contributed by atoms with E-state index in [2.05, 4.69) is 0 Å². The first-order valence-corrected chi connectivity index (χ1v) is 9.32. The quantitative estimate of drug-likeness (QED) is 0.374. The monoisotopic (exact) mass is 382 g/mol. The first-order valence-electron chi connectivity index (χ1n) is 9.32. The number of methoxy groups -OCH3 is 2. The van der Waals surface area contributed by atoms with Crippen LogP contribution in [0.2, 0.25) is 0 Å². The highest BCUT2D eigenvalue weighted by Crippen LogP contribution is 2.29. The predicted octanol–water partition coefficient (Wildman–Crippen LogP) is 3.67. The van der Waals surface area contributed by atoms with E-state index in [1.54, 1.807) is 0 Å². The lowest BCUT2D eigenvalue weighted by atomic mass is 10.1. The zero-order chi connectivity index (χ0) is 20.1. The molecule has 0 aliphatic heterocycles. The van der Waals surface area contributed by atoms with E-state index in [1.165, 1.54) is 26.4 Å². The van der Waals surface area contributed by atoms with Crippen molar-refractivity contribution in [3.05, 3.63) is 23.3 Å². The number of hydrogen-bond acceptors (Lipinski definition) is 6. The van der Waals surface area contributed by atoms with Crippen LogP contribution >= 0.6 is 0 Å². The fourth-order valence-electron chi connectivity index (χ4n) is 2.74. The standard InChI is InChI=1S/C20H30O7/c1-25-17-14-16(18(26-2)13-15(17)19(22)23)20(24)27-12-10-8-6-4-3-5-7-9-11-21/h13-14,21H,3-12H2,1-2H3,(H,22,23). The Labute approximate surface area is 160 Å². The Morgan fingerprint density at radius 1 is 0.815 bits per heavy atom. The van der Waals surface area contributed by atoms with Crippen LogP contribution in [0.15, 0.2) is 12.1 Å². The summed E-state index contributed by atoms with van der Waals surface area (Å²) in [6.45, 7) is 0.566. The Balaban J connectivity index is 2.43. The summed E-state index contributed by atoms with van der Waals surface area (Å²) < 4.78 is 15.4. The maximum atomic E-state index is 12.3. The van der Waals surface area contributed by atoms with Crippen LogP contribution in [0.1, 0.15) is 72.1 Å². The molecule has 0 aliphatic rings. The van der Waals surface area contributed by atoms with Crippen molar-refractivity contribution in [2.45, 2.75) is 51.4 Å². The average Bonchev–Trinajstić information content (AvgIpc) is 2.67. The zero-order valence-electron chi connectivity index (χ0n) is 16.2. The fourth-order valence-corrected chi connectivity index (χ4v) is 2.74. The highest BCUT2D eigenvalue weighted by atomic mass is 16.5. The summed E-state index contributed by atoms with van der Waals surface area (Å²) in [5.74, 6) is -1.51. The summed E-state index contributed by atoms with van der Waals surface area (Å²) in [6, 6.07) is 2.59. The third-order valence-electron chi connectivity index (χ3n) is 4.26. The van der Waals surface area contributed by atoms with Crippen LogP contribution in [0.25, 0.3) is 0 Å². The molecule has 0 heterocycles. The number of aromatic carboxylic acids is 1. The molecule has 0 fully saturated rings. The molecule has 2 N–H and O–H groups in total. The maximum absolute atomic E-state index is 12.3. The number of hydrogen-bond donors (Lipinski definition) is 2. The molecular formula is C20H30O7. The molecule has 7 nitrogen and oxygen atoms in total. The Morgan fingerprint density at radius 2 is 1.30 bits per heavy atom. The van der Waals surface area contributed by atoms with Gasteiger partial charge in [0, 0.05) is 6.61 Å².